The third-order valence-corrected chi connectivity index (χ3v) is 9.43. The predicted octanol–water partition coefficient (Wildman–Crippen LogP) is 3.71. The lowest BCUT2D eigenvalue weighted by Crippen LogP contribution is -2.57. The van der Waals surface area contributed by atoms with Crippen LogP contribution >= 0.6 is 0 Å². The molecular formula is C21H34O3. The van der Waals surface area contributed by atoms with Crippen LogP contribution in [0.5, 0.6) is 0 Å². The fourth-order valence-corrected chi connectivity index (χ4v) is 7.79. The first-order valence-electron chi connectivity index (χ1n) is 10.2. The summed E-state index contributed by atoms with van der Waals surface area (Å²) >= 11 is 0. The zero-order valence-corrected chi connectivity index (χ0v) is 15.6. The minimum atomic E-state index is -0.914. The highest BCUT2D eigenvalue weighted by atomic mass is 16.3. The van der Waals surface area contributed by atoms with Gasteiger partial charge in [-0.25, -0.2) is 0 Å². The zero-order chi connectivity index (χ0) is 17.3. The Hall–Kier alpha value is -0.410. The van der Waals surface area contributed by atoms with Crippen LogP contribution < -0.4 is 0 Å². The monoisotopic (exact) mass is 334 g/mol. The first-order chi connectivity index (χ1) is 11.3. The quantitative estimate of drug-likeness (QED) is 0.768. The van der Waals surface area contributed by atoms with E-state index in [1.54, 1.807) is 0 Å². The summed E-state index contributed by atoms with van der Waals surface area (Å²) in [7, 11) is 0. The Morgan fingerprint density at radius 1 is 1.12 bits per heavy atom. The van der Waals surface area contributed by atoms with Crippen molar-refractivity contribution in [2.24, 2.45) is 34.5 Å². The highest BCUT2D eigenvalue weighted by Gasteiger charge is 2.66. The Bertz CT molecular complexity index is 545. The standard InChI is InChI=1S/C21H34O3/c1-4-21(24)18(23)12-17-15-6-5-13-11-14(22)7-9-19(13,2)16(15)8-10-20(17,21)3/h13,15-18,23-24H,4-12H2,1-3H3/t13-,15+,16-,17-,18-,19-,20-,21-/m0/s1. The summed E-state index contributed by atoms with van der Waals surface area (Å²) in [6.07, 6.45) is 7.99. The van der Waals surface area contributed by atoms with Gasteiger partial charge in [0.25, 0.3) is 0 Å². The average molecular weight is 335 g/mol. The summed E-state index contributed by atoms with van der Waals surface area (Å²) in [5.41, 5.74) is -0.755. The molecule has 0 aliphatic heterocycles. The van der Waals surface area contributed by atoms with E-state index in [1.165, 1.54) is 6.42 Å². The van der Waals surface area contributed by atoms with Gasteiger partial charge in [0.15, 0.2) is 0 Å². The summed E-state index contributed by atoms with van der Waals surface area (Å²) in [4.78, 5) is 12.0. The lowest BCUT2D eigenvalue weighted by Gasteiger charge is -2.61. The maximum atomic E-state index is 12.0. The largest absolute Gasteiger partial charge is 0.390 e. The van der Waals surface area contributed by atoms with Gasteiger partial charge in [-0.15, -0.1) is 0 Å². The molecule has 0 aromatic rings. The molecule has 0 heterocycles. The van der Waals surface area contributed by atoms with E-state index in [1.807, 2.05) is 6.92 Å². The maximum absolute atomic E-state index is 12.0. The Morgan fingerprint density at radius 2 is 1.88 bits per heavy atom. The fraction of sp³-hybridized carbons (Fsp3) is 0.952. The topological polar surface area (TPSA) is 57.5 Å². The fourth-order valence-electron chi connectivity index (χ4n) is 7.79. The summed E-state index contributed by atoms with van der Waals surface area (Å²) in [5.74, 6) is 2.77. The first kappa shape index (κ1) is 17.0. The molecule has 0 unspecified atom stereocenters. The number of aliphatic hydroxyl groups excluding tert-OH is 1. The van der Waals surface area contributed by atoms with Gasteiger partial charge in [-0.3, -0.25) is 4.79 Å². The minimum absolute atomic E-state index is 0.143. The van der Waals surface area contributed by atoms with Crippen molar-refractivity contribution in [3.05, 3.63) is 0 Å². The number of fused-ring (bicyclic) bond motifs is 5. The molecule has 0 aromatic heterocycles. The molecule has 4 aliphatic rings. The van der Waals surface area contributed by atoms with Crippen molar-refractivity contribution in [2.75, 3.05) is 0 Å². The van der Waals surface area contributed by atoms with E-state index in [2.05, 4.69) is 13.8 Å². The number of carbonyl (C=O) groups excluding carboxylic acids is 1. The van der Waals surface area contributed by atoms with Crippen molar-refractivity contribution in [3.63, 3.8) is 0 Å². The summed E-state index contributed by atoms with van der Waals surface area (Å²) in [6, 6.07) is 0. The molecule has 24 heavy (non-hydrogen) atoms. The van der Waals surface area contributed by atoms with Crippen LogP contribution in [0.3, 0.4) is 0 Å². The van der Waals surface area contributed by atoms with Crippen molar-refractivity contribution < 1.29 is 15.0 Å². The van der Waals surface area contributed by atoms with Crippen LogP contribution in [-0.2, 0) is 4.79 Å². The molecule has 136 valence electrons. The van der Waals surface area contributed by atoms with Gasteiger partial charge in [0.05, 0.1) is 11.7 Å². The van der Waals surface area contributed by atoms with Crippen LogP contribution in [0.1, 0.15) is 78.6 Å². The number of carbonyl (C=O) groups is 1. The molecule has 4 saturated carbocycles. The van der Waals surface area contributed by atoms with E-state index >= 15 is 0 Å². The predicted molar refractivity (Wildman–Crippen MR) is 93.4 cm³/mol. The molecule has 3 heteroatoms. The van der Waals surface area contributed by atoms with Gasteiger partial charge in [-0.1, -0.05) is 20.8 Å². The molecule has 0 spiro atoms. The van der Waals surface area contributed by atoms with E-state index in [-0.39, 0.29) is 5.41 Å². The number of hydrogen-bond acceptors (Lipinski definition) is 3. The Morgan fingerprint density at radius 3 is 2.58 bits per heavy atom. The van der Waals surface area contributed by atoms with Crippen molar-refractivity contribution in [2.45, 2.75) is 90.3 Å². The van der Waals surface area contributed by atoms with Crippen molar-refractivity contribution in [3.8, 4) is 0 Å². The smallest absolute Gasteiger partial charge is 0.133 e. The molecule has 2 N–H and O–H groups in total. The number of ketones is 1. The van der Waals surface area contributed by atoms with E-state index in [0.717, 1.165) is 44.9 Å². The molecule has 4 aliphatic carbocycles. The Labute approximate surface area is 146 Å². The van der Waals surface area contributed by atoms with Crippen LogP contribution in [0.4, 0.5) is 0 Å². The molecule has 3 nitrogen and oxygen atoms in total. The maximum Gasteiger partial charge on any atom is 0.133 e. The second-order valence-corrected chi connectivity index (χ2v) is 9.89. The van der Waals surface area contributed by atoms with Gasteiger partial charge >= 0.3 is 0 Å². The second-order valence-electron chi connectivity index (χ2n) is 9.89. The van der Waals surface area contributed by atoms with E-state index in [9.17, 15) is 15.0 Å². The molecule has 0 radical (unpaired) electrons. The van der Waals surface area contributed by atoms with Gasteiger partial charge in [0.1, 0.15) is 5.78 Å². The molecule has 8 atom stereocenters. The Kier molecular flexibility index (Phi) is 3.76. The number of hydrogen-bond donors (Lipinski definition) is 2. The summed E-state index contributed by atoms with van der Waals surface area (Å²) in [5, 5.41) is 21.9. The van der Waals surface area contributed by atoms with Crippen molar-refractivity contribution >= 4 is 5.78 Å². The highest BCUT2D eigenvalue weighted by molar-refractivity contribution is 5.79. The number of Topliss-reactive ketones (excluding diaryl/α,β-unsaturated/α-hetero) is 1. The van der Waals surface area contributed by atoms with E-state index in [4.69, 9.17) is 0 Å². The SMILES string of the molecule is CC[C@]1(O)[C@@H](O)C[C@H]2[C@@H]3CC[C@H]4CC(=O)CC[C@]4(C)[C@H]3CC[C@@]21C. The number of aliphatic hydroxyl groups is 2. The molecule has 0 amide bonds. The van der Waals surface area contributed by atoms with Crippen molar-refractivity contribution in [1.29, 1.82) is 0 Å². The van der Waals surface area contributed by atoms with E-state index in [0.29, 0.717) is 41.3 Å². The van der Waals surface area contributed by atoms with Gasteiger partial charge in [0, 0.05) is 18.3 Å². The lowest BCUT2D eigenvalue weighted by molar-refractivity contribution is -0.170. The van der Waals surface area contributed by atoms with Gasteiger partial charge < -0.3 is 10.2 Å². The molecule has 4 rings (SSSR count). The van der Waals surface area contributed by atoms with E-state index < -0.39 is 11.7 Å². The molecule has 0 aromatic carbocycles. The molecular weight excluding hydrogens is 300 g/mol. The highest BCUT2D eigenvalue weighted by Crippen LogP contribution is 2.68. The first-order valence-corrected chi connectivity index (χ1v) is 10.2. The third-order valence-electron chi connectivity index (χ3n) is 9.43. The Balaban J connectivity index is 1.66. The van der Waals surface area contributed by atoms with Crippen molar-refractivity contribution in [1.82, 2.24) is 0 Å². The molecule has 4 fully saturated rings. The van der Waals surface area contributed by atoms with Gasteiger partial charge in [0.2, 0.25) is 0 Å². The van der Waals surface area contributed by atoms with Gasteiger partial charge in [-0.05, 0) is 74.0 Å². The number of rotatable bonds is 1. The zero-order valence-electron chi connectivity index (χ0n) is 15.6. The van der Waals surface area contributed by atoms with Crippen LogP contribution in [0.25, 0.3) is 0 Å². The second kappa shape index (κ2) is 5.30. The summed E-state index contributed by atoms with van der Waals surface area (Å²) in [6.45, 7) is 6.71. The molecule has 0 saturated heterocycles. The average Bonchev–Trinajstić information content (AvgIpc) is 2.76. The summed E-state index contributed by atoms with van der Waals surface area (Å²) < 4.78 is 0. The normalized spacial score (nSPS) is 57.2. The third kappa shape index (κ3) is 1.95. The lowest BCUT2D eigenvalue weighted by atomic mass is 9.44. The van der Waals surface area contributed by atoms with Crippen LogP contribution in [0, 0.1) is 34.5 Å². The van der Waals surface area contributed by atoms with Crippen LogP contribution in [0.15, 0.2) is 0 Å². The van der Waals surface area contributed by atoms with Crippen LogP contribution in [-0.4, -0.2) is 27.7 Å². The van der Waals surface area contributed by atoms with Gasteiger partial charge in [-0.2, -0.15) is 0 Å². The van der Waals surface area contributed by atoms with Crippen LogP contribution in [0.2, 0.25) is 0 Å². The molecule has 0 bridgehead atoms. The minimum Gasteiger partial charge on any atom is -0.390 e.